The van der Waals surface area contributed by atoms with Gasteiger partial charge in [0.2, 0.25) is 0 Å². The second-order valence-corrected chi connectivity index (χ2v) is 5.04. The summed E-state index contributed by atoms with van der Waals surface area (Å²) in [5.74, 6) is 0.244. The van der Waals surface area contributed by atoms with E-state index in [0.717, 1.165) is 44.3 Å². The highest BCUT2D eigenvalue weighted by atomic mass is 16.5. The smallest absolute Gasteiger partial charge is 0.162 e. The van der Waals surface area contributed by atoms with Gasteiger partial charge in [0.05, 0.1) is 6.10 Å². The Morgan fingerprint density at radius 1 is 1.33 bits per heavy atom. The van der Waals surface area contributed by atoms with Gasteiger partial charge in [-0.25, -0.2) is 0 Å². The Kier molecular flexibility index (Phi) is 4.94. The molecule has 2 heteroatoms. The van der Waals surface area contributed by atoms with Gasteiger partial charge >= 0.3 is 0 Å². The van der Waals surface area contributed by atoms with Gasteiger partial charge in [-0.2, -0.15) is 0 Å². The lowest BCUT2D eigenvalue weighted by molar-refractivity contribution is 0.0859. The number of hydrogen-bond donors (Lipinski definition) is 0. The van der Waals surface area contributed by atoms with Gasteiger partial charge in [-0.05, 0) is 31.2 Å². The third-order valence-electron chi connectivity index (χ3n) is 3.53. The van der Waals surface area contributed by atoms with Crippen LogP contribution in [0.4, 0.5) is 0 Å². The molecule has 0 amide bonds. The van der Waals surface area contributed by atoms with Crippen molar-refractivity contribution in [3.8, 4) is 0 Å². The van der Waals surface area contributed by atoms with Gasteiger partial charge in [0.15, 0.2) is 5.78 Å². The van der Waals surface area contributed by atoms with Crippen LogP contribution in [0, 0.1) is 0 Å². The average molecular weight is 246 g/mol. The van der Waals surface area contributed by atoms with Gasteiger partial charge in [0.1, 0.15) is 0 Å². The zero-order valence-electron chi connectivity index (χ0n) is 11.2. The van der Waals surface area contributed by atoms with Crippen molar-refractivity contribution in [3.05, 3.63) is 35.4 Å². The number of carbonyl (C=O) groups excluding carboxylic acids is 1. The van der Waals surface area contributed by atoms with Gasteiger partial charge in [-0.3, -0.25) is 4.79 Å². The second kappa shape index (κ2) is 6.69. The summed E-state index contributed by atoms with van der Waals surface area (Å²) in [5.41, 5.74) is 2.15. The van der Waals surface area contributed by atoms with Crippen LogP contribution in [0.3, 0.4) is 0 Å². The zero-order valence-corrected chi connectivity index (χ0v) is 11.2. The number of Topliss-reactive ketones (excluding diaryl/α,β-unsaturated/α-hetero) is 1. The molecule has 0 radical (unpaired) electrons. The van der Waals surface area contributed by atoms with Crippen molar-refractivity contribution < 1.29 is 9.53 Å². The number of ketones is 1. The fraction of sp³-hybridized carbons (Fsp3) is 0.562. The van der Waals surface area contributed by atoms with Gasteiger partial charge in [-0.1, -0.05) is 37.6 Å². The zero-order chi connectivity index (χ0) is 12.8. The van der Waals surface area contributed by atoms with Gasteiger partial charge in [0.25, 0.3) is 0 Å². The van der Waals surface area contributed by atoms with Crippen molar-refractivity contribution in [3.63, 3.8) is 0 Å². The lowest BCUT2D eigenvalue weighted by Crippen LogP contribution is -2.08. The first kappa shape index (κ1) is 13.3. The number of ether oxygens (including phenoxy) is 1. The molecule has 0 saturated carbocycles. The van der Waals surface area contributed by atoms with Crippen LogP contribution < -0.4 is 0 Å². The van der Waals surface area contributed by atoms with Crippen LogP contribution in [0.1, 0.15) is 54.9 Å². The van der Waals surface area contributed by atoms with Gasteiger partial charge in [0, 0.05) is 18.6 Å². The quantitative estimate of drug-likeness (QED) is 0.714. The van der Waals surface area contributed by atoms with E-state index in [0.29, 0.717) is 12.5 Å². The Hall–Kier alpha value is -1.15. The minimum atomic E-state index is 0.244. The molecule has 1 aliphatic heterocycles. The molecule has 0 N–H and O–H groups in total. The maximum Gasteiger partial charge on any atom is 0.162 e. The molecule has 0 bridgehead atoms. The normalized spacial score (nSPS) is 19.1. The Morgan fingerprint density at radius 2 is 2.11 bits per heavy atom. The summed E-state index contributed by atoms with van der Waals surface area (Å²) in [6.07, 6.45) is 6.28. The second-order valence-electron chi connectivity index (χ2n) is 5.04. The van der Waals surface area contributed by atoms with Crippen LogP contribution in [0.5, 0.6) is 0 Å². The maximum absolute atomic E-state index is 12.0. The van der Waals surface area contributed by atoms with Crippen LogP contribution in [0.25, 0.3) is 0 Å². The van der Waals surface area contributed by atoms with E-state index in [9.17, 15) is 4.79 Å². The maximum atomic E-state index is 12.0. The van der Waals surface area contributed by atoms with E-state index < -0.39 is 0 Å². The van der Waals surface area contributed by atoms with Crippen molar-refractivity contribution in [1.82, 2.24) is 0 Å². The van der Waals surface area contributed by atoms with Crippen LogP contribution >= 0.6 is 0 Å². The van der Waals surface area contributed by atoms with E-state index in [2.05, 4.69) is 19.1 Å². The summed E-state index contributed by atoms with van der Waals surface area (Å²) in [6.45, 7) is 3.03. The lowest BCUT2D eigenvalue weighted by Gasteiger charge is -2.08. The topological polar surface area (TPSA) is 26.3 Å². The molecule has 1 unspecified atom stereocenters. The van der Waals surface area contributed by atoms with Crippen molar-refractivity contribution in [2.24, 2.45) is 0 Å². The molecule has 98 valence electrons. The molecule has 1 saturated heterocycles. The monoisotopic (exact) mass is 246 g/mol. The summed E-state index contributed by atoms with van der Waals surface area (Å²) in [7, 11) is 0. The third-order valence-corrected chi connectivity index (χ3v) is 3.53. The molecule has 1 heterocycles. The molecule has 18 heavy (non-hydrogen) atoms. The number of hydrogen-bond acceptors (Lipinski definition) is 2. The van der Waals surface area contributed by atoms with E-state index >= 15 is 0 Å². The van der Waals surface area contributed by atoms with Crippen LogP contribution in [-0.2, 0) is 11.2 Å². The molecule has 1 aromatic carbocycles. The summed E-state index contributed by atoms with van der Waals surface area (Å²) in [6, 6.07) is 8.07. The van der Waals surface area contributed by atoms with E-state index in [-0.39, 0.29) is 5.78 Å². The molecule has 2 rings (SSSR count). The van der Waals surface area contributed by atoms with E-state index in [1.807, 2.05) is 12.1 Å². The molecule has 0 aromatic heterocycles. The van der Waals surface area contributed by atoms with E-state index in [1.54, 1.807) is 0 Å². The minimum Gasteiger partial charge on any atom is -0.378 e. The molecule has 1 fully saturated rings. The highest BCUT2D eigenvalue weighted by molar-refractivity contribution is 5.96. The largest absolute Gasteiger partial charge is 0.378 e. The fourth-order valence-electron chi connectivity index (χ4n) is 2.45. The molecule has 0 aliphatic carbocycles. The molecule has 2 nitrogen and oxygen atoms in total. The van der Waals surface area contributed by atoms with Crippen molar-refractivity contribution >= 4 is 5.78 Å². The number of rotatable bonds is 6. The molecule has 1 atom stereocenters. The Morgan fingerprint density at radius 3 is 2.72 bits per heavy atom. The highest BCUT2D eigenvalue weighted by Gasteiger charge is 2.17. The lowest BCUT2D eigenvalue weighted by atomic mass is 10.0. The molecular weight excluding hydrogens is 224 g/mol. The van der Waals surface area contributed by atoms with Gasteiger partial charge in [-0.15, -0.1) is 0 Å². The first-order valence-electron chi connectivity index (χ1n) is 7.03. The van der Waals surface area contributed by atoms with Crippen LogP contribution in [-0.4, -0.2) is 18.5 Å². The molecule has 0 spiro atoms. The minimum absolute atomic E-state index is 0.244. The van der Waals surface area contributed by atoms with Gasteiger partial charge < -0.3 is 4.74 Å². The third kappa shape index (κ3) is 3.67. The molecule has 1 aliphatic rings. The highest BCUT2D eigenvalue weighted by Crippen LogP contribution is 2.18. The van der Waals surface area contributed by atoms with Crippen LogP contribution in [0.15, 0.2) is 24.3 Å². The Bertz CT molecular complexity index is 375. The van der Waals surface area contributed by atoms with Crippen molar-refractivity contribution in [1.29, 1.82) is 0 Å². The standard InChI is InChI=1S/C16H22O2/c1-2-4-13-6-8-14(9-7-13)16(17)11-10-15-5-3-12-18-15/h6-9,15H,2-5,10-12H2,1H3. The summed E-state index contributed by atoms with van der Waals surface area (Å²) >= 11 is 0. The first-order valence-corrected chi connectivity index (χ1v) is 7.03. The Balaban J connectivity index is 1.83. The number of benzene rings is 1. The van der Waals surface area contributed by atoms with E-state index in [4.69, 9.17) is 4.74 Å². The predicted octanol–water partition coefficient (Wildman–Crippen LogP) is 3.78. The average Bonchev–Trinajstić information content (AvgIpc) is 2.90. The first-order chi connectivity index (χ1) is 8.79. The number of carbonyl (C=O) groups is 1. The summed E-state index contributed by atoms with van der Waals surface area (Å²) in [4.78, 5) is 12.0. The number of aryl methyl sites for hydroxylation is 1. The van der Waals surface area contributed by atoms with Crippen molar-refractivity contribution in [2.45, 2.75) is 51.6 Å². The van der Waals surface area contributed by atoms with Crippen molar-refractivity contribution in [2.75, 3.05) is 6.61 Å². The molecule has 1 aromatic rings. The summed E-state index contributed by atoms with van der Waals surface area (Å²) in [5, 5.41) is 0. The SMILES string of the molecule is CCCc1ccc(C(=O)CCC2CCCO2)cc1. The Labute approximate surface area is 109 Å². The van der Waals surface area contributed by atoms with Crippen LogP contribution in [0.2, 0.25) is 0 Å². The fourth-order valence-corrected chi connectivity index (χ4v) is 2.45. The predicted molar refractivity (Wildman–Crippen MR) is 73.0 cm³/mol. The van der Waals surface area contributed by atoms with E-state index in [1.165, 1.54) is 5.56 Å². The molecular formula is C16H22O2. The summed E-state index contributed by atoms with van der Waals surface area (Å²) < 4.78 is 5.54.